The molecule has 2 N–H and O–H groups in total. The molecule has 3 aliphatic rings. The van der Waals surface area contributed by atoms with Crippen molar-refractivity contribution in [3.05, 3.63) is 0 Å². The van der Waals surface area contributed by atoms with E-state index in [9.17, 15) is 0 Å². The first-order valence-electron chi connectivity index (χ1n) is 11.8. The van der Waals surface area contributed by atoms with Crippen molar-refractivity contribution in [3.8, 4) is 12.1 Å². The number of likely N-dealkylation sites (tertiary alicyclic amines) is 1. The van der Waals surface area contributed by atoms with Gasteiger partial charge in [-0.3, -0.25) is 0 Å². The molecule has 3 fully saturated rings. The Morgan fingerprint density at radius 2 is 1.10 bits per heavy atom. The Kier molecular flexibility index (Phi) is 30.7. The van der Waals surface area contributed by atoms with Crippen LogP contribution < -0.4 is 10.6 Å². The summed E-state index contributed by atoms with van der Waals surface area (Å²) >= 11 is 3.20. The van der Waals surface area contributed by atoms with E-state index in [-0.39, 0.29) is 17.0 Å². The molecule has 0 aromatic carbocycles. The highest BCUT2D eigenvalue weighted by Gasteiger charge is 2.08. The van der Waals surface area contributed by atoms with Gasteiger partial charge in [0.15, 0.2) is 0 Å². The Balaban J connectivity index is 0. The van der Waals surface area contributed by atoms with Gasteiger partial charge in [-0.25, -0.2) is 0 Å². The van der Waals surface area contributed by atoms with Crippen LogP contribution in [0.3, 0.4) is 0 Å². The van der Waals surface area contributed by atoms with Crippen LogP contribution in [0.2, 0.25) is 0 Å². The zero-order valence-corrected chi connectivity index (χ0v) is 22.3. The SMILES string of the molecule is Br.C1CCNCC1.C1CCNCC1.N#CCCCBr.N#CCCCN1CCCCC1. The molecular formula is C23H45Br2N5. The number of unbranched alkanes of at least 4 members (excludes halogenated alkanes) is 2. The average Bonchev–Trinajstić information content (AvgIpc) is 2.82. The molecule has 0 spiro atoms. The summed E-state index contributed by atoms with van der Waals surface area (Å²) in [6.07, 6.45) is 15.9. The van der Waals surface area contributed by atoms with E-state index in [0.717, 1.165) is 31.1 Å². The summed E-state index contributed by atoms with van der Waals surface area (Å²) in [5, 5.41) is 23.8. The summed E-state index contributed by atoms with van der Waals surface area (Å²) in [4.78, 5) is 2.47. The highest BCUT2D eigenvalue weighted by atomic mass is 79.9. The monoisotopic (exact) mass is 549 g/mol. The van der Waals surface area contributed by atoms with E-state index in [4.69, 9.17) is 10.5 Å². The summed E-state index contributed by atoms with van der Waals surface area (Å²) in [6.45, 7) is 8.64. The standard InChI is InChI=1S/C9H16N2.2C5H11N.C4H6BrN.BrH/c10-6-2-5-9-11-7-3-1-4-8-11;2*1-2-4-6-5-3-1;5-3-1-2-4-6;/h1-5,7-9H2;2*6H,1-5H2;1-3H2;1H. The number of nitrogens with zero attached hydrogens (tertiary/aromatic N) is 3. The summed E-state index contributed by atoms with van der Waals surface area (Å²) < 4.78 is 0. The number of hydrogen-bond acceptors (Lipinski definition) is 5. The Bertz CT molecular complexity index is 360. The number of halogens is 2. The molecule has 176 valence electrons. The number of rotatable bonds is 5. The summed E-state index contributed by atoms with van der Waals surface area (Å²) in [5.41, 5.74) is 0. The van der Waals surface area contributed by atoms with Crippen LogP contribution in [-0.4, -0.2) is 56.0 Å². The molecule has 5 nitrogen and oxygen atoms in total. The van der Waals surface area contributed by atoms with Gasteiger partial charge in [0, 0.05) is 18.2 Å². The van der Waals surface area contributed by atoms with Crippen molar-refractivity contribution in [3.63, 3.8) is 0 Å². The summed E-state index contributed by atoms with van der Waals surface area (Å²) in [5.74, 6) is 0. The van der Waals surface area contributed by atoms with Gasteiger partial charge >= 0.3 is 0 Å². The van der Waals surface area contributed by atoms with E-state index >= 15 is 0 Å². The highest BCUT2D eigenvalue weighted by Crippen LogP contribution is 2.08. The van der Waals surface area contributed by atoms with Crippen molar-refractivity contribution in [1.29, 1.82) is 10.5 Å². The lowest BCUT2D eigenvalue weighted by atomic mass is 10.1. The fourth-order valence-corrected chi connectivity index (χ4v) is 3.59. The van der Waals surface area contributed by atoms with Crippen LogP contribution in [0.5, 0.6) is 0 Å². The van der Waals surface area contributed by atoms with Crippen LogP contribution in [0.4, 0.5) is 0 Å². The second-order valence-corrected chi connectivity index (χ2v) is 8.53. The van der Waals surface area contributed by atoms with Crippen molar-refractivity contribution in [2.24, 2.45) is 0 Å². The molecule has 0 aliphatic carbocycles. The van der Waals surface area contributed by atoms with Crippen molar-refractivity contribution in [2.75, 3.05) is 51.1 Å². The predicted octanol–water partition coefficient (Wildman–Crippen LogP) is 5.56. The number of nitriles is 2. The summed E-state index contributed by atoms with van der Waals surface area (Å²) in [7, 11) is 0. The van der Waals surface area contributed by atoms with E-state index in [0.29, 0.717) is 6.42 Å². The molecule has 0 aromatic heterocycles. The van der Waals surface area contributed by atoms with Gasteiger partial charge < -0.3 is 15.5 Å². The van der Waals surface area contributed by atoms with Gasteiger partial charge in [0.05, 0.1) is 12.1 Å². The Morgan fingerprint density at radius 1 is 0.667 bits per heavy atom. The molecule has 0 unspecified atom stereocenters. The van der Waals surface area contributed by atoms with Crippen LogP contribution in [0.15, 0.2) is 0 Å². The first-order chi connectivity index (χ1) is 14.3. The van der Waals surface area contributed by atoms with E-state index in [1.165, 1.54) is 97.1 Å². The number of hydrogen-bond donors (Lipinski definition) is 2. The van der Waals surface area contributed by atoms with Crippen LogP contribution in [0, 0.1) is 22.7 Å². The van der Waals surface area contributed by atoms with Crippen molar-refractivity contribution >= 4 is 32.9 Å². The first-order valence-corrected chi connectivity index (χ1v) is 12.9. The molecule has 0 bridgehead atoms. The largest absolute Gasteiger partial charge is 0.317 e. The molecule has 3 heterocycles. The fraction of sp³-hybridized carbons (Fsp3) is 0.913. The third kappa shape index (κ3) is 25.9. The van der Waals surface area contributed by atoms with Gasteiger partial charge in [0.2, 0.25) is 0 Å². The number of nitrogens with one attached hydrogen (secondary N) is 2. The van der Waals surface area contributed by atoms with E-state index in [1.54, 1.807) is 0 Å². The Hall–Kier alpha value is -0.180. The highest BCUT2D eigenvalue weighted by molar-refractivity contribution is 9.09. The molecule has 3 rings (SSSR count). The molecular weight excluding hydrogens is 506 g/mol. The zero-order valence-electron chi connectivity index (χ0n) is 19.0. The molecule has 0 atom stereocenters. The maximum atomic E-state index is 8.33. The Labute approximate surface area is 205 Å². The molecule has 0 amide bonds. The summed E-state index contributed by atoms with van der Waals surface area (Å²) in [6, 6.07) is 4.22. The van der Waals surface area contributed by atoms with Gasteiger partial charge in [0.1, 0.15) is 0 Å². The maximum absolute atomic E-state index is 8.33. The van der Waals surface area contributed by atoms with Crippen LogP contribution >= 0.6 is 32.9 Å². The molecule has 3 aliphatic heterocycles. The second-order valence-electron chi connectivity index (χ2n) is 7.74. The minimum atomic E-state index is 0. The van der Waals surface area contributed by atoms with Gasteiger partial charge in [-0.1, -0.05) is 35.2 Å². The molecule has 0 saturated carbocycles. The molecule has 30 heavy (non-hydrogen) atoms. The van der Waals surface area contributed by atoms with Gasteiger partial charge in [-0.2, -0.15) is 10.5 Å². The molecule has 0 radical (unpaired) electrons. The van der Waals surface area contributed by atoms with Crippen LogP contribution in [0.1, 0.15) is 83.5 Å². The normalized spacial score (nSPS) is 18.2. The third-order valence-corrected chi connectivity index (χ3v) is 5.61. The quantitative estimate of drug-likeness (QED) is 0.346. The number of alkyl halides is 1. The van der Waals surface area contributed by atoms with Gasteiger partial charge in [-0.15, -0.1) is 17.0 Å². The predicted molar refractivity (Wildman–Crippen MR) is 138 cm³/mol. The van der Waals surface area contributed by atoms with Crippen molar-refractivity contribution < 1.29 is 0 Å². The van der Waals surface area contributed by atoms with Crippen LogP contribution in [-0.2, 0) is 0 Å². The second kappa shape index (κ2) is 28.8. The lowest BCUT2D eigenvalue weighted by molar-refractivity contribution is 0.227. The lowest BCUT2D eigenvalue weighted by Gasteiger charge is -2.25. The van der Waals surface area contributed by atoms with E-state index < -0.39 is 0 Å². The molecule has 0 aromatic rings. The smallest absolute Gasteiger partial charge is 0.0622 e. The Morgan fingerprint density at radius 3 is 1.40 bits per heavy atom. The first kappa shape index (κ1) is 32.0. The topological polar surface area (TPSA) is 74.9 Å². The maximum Gasteiger partial charge on any atom is 0.0622 e. The third-order valence-electron chi connectivity index (χ3n) is 5.05. The minimum absolute atomic E-state index is 0. The van der Waals surface area contributed by atoms with E-state index in [2.05, 4.69) is 37.5 Å². The van der Waals surface area contributed by atoms with E-state index in [1.807, 2.05) is 6.07 Å². The van der Waals surface area contributed by atoms with Gasteiger partial charge in [-0.05, 0) is 97.2 Å². The molecule has 3 saturated heterocycles. The zero-order chi connectivity index (χ0) is 21.3. The minimum Gasteiger partial charge on any atom is -0.317 e. The van der Waals surface area contributed by atoms with Crippen LogP contribution in [0.25, 0.3) is 0 Å². The van der Waals surface area contributed by atoms with Crippen molar-refractivity contribution in [1.82, 2.24) is 15.5 Å². The van der Waals surface area contributed by atoms with Crippen molar-refractivity contribution in [2.45, 2.75) is 83.5 Å². The fourth-order valence-electron chi connectivity index (χ4n) is 3.31. The molecule has 7 heteroatoms. The average molecular weight is 551 g/mol. The number of piperidine rings is 3. The lowest BCUT2D eigenvalue weighted by Crippen LogP contribution is -2.30. The van der Waals surface area contributed by atoms with Gasteiger partial charge in [0.25, 0.3) is 0 Å².